The second kappa shape index (κ2) is 9.35. The molecule has 3 rings (SSSR count). The number of rotatable bonds is 7. The smallest absolute Gasteiger partial charge is 0.126 e. The molecule has 0 amide bonds. The zero-order chi connectivity index (χ0) is 27.6. The molecule has 3 fully saturated rings. The van der Waals surface area contributed by atoms with Crippen LogP contribution in [-0.2, 0) is 4.79 Å². The summed E-state index contributed by atoms with van der Waals surface area (Å²) < 4.78 is 0. The van der Waals surface area contributed by atoms with Crippen molar-refractivity contribution in [3.63, 3.8) is 0 Å². The summed E-state index contributed by atoms with van der Waals surface area (Å²) >= 11 is 0. The first-order valence-electron chi connectivity index (χ1n) is 15.1. The number of fused-ring (bicyclic) bond motifs is 1. The van der Waals surface area contributed by atoms with Crippen LogP contribution < -0.4 is 0 Å². The topological polar surface area (TPSA) is 57.5 Å². The van der Waals surface area contributed by atoms with Gasteiger partial charge in [0.05, 0.1) is 12.2 Å². The molecule has 210 valence electrons. The third kappa shape index (κ3) is 4.44. The Morgan fingerprint density at radius 2 is 1.58 bits per heavy atom. The average Bonchev–Trinajstić information content (AvgIpc) is 2.74. The normalized spacial score (nSPS) is 45.5. The van der Waals surface area contributed by atoms with Gasteiger partial charge in [-0.15, -0.1) is 0 Å². The highest BCUT2D eigenvalue weighted by atomic mass is 16.3. The van der Waals surface area contributed by atoms with Crippen molar-refractivity contribution >= 4 is 6.29 Å². The van der Waals surface area contributed by atoms with Gasteiger partial charge in [0.25, 0.3) is 0 Å². The third-order valence-electron chi connectivity index (χ3n) is 13.6. The highest BCUT2D eigenvalue weighted by molar-refractivity contribution is 5.60. The van der Waals surface area contributed by atoms with Crippen LogP contribution in [0.15, 0.2) is 0 Å². The van der Waals surface area contributed by atoms with Gasteiger partial charge in [-0.2, -0.15) is 0 Å². The predicted molar refractivity (Wildman–Crippen MR) is 151 cm³/mol. The van der Waals surface area contributed by atoms with Crippen LogP contribution in [0.1, 0.15) is 140 Å². The van der Waals surface area contributed by atoms with Gasteiger partial charge in [0.15, 0.2) is 0 Å². The van der Waals surface area contributed by atoms with E-state index in [0.717, 1.165) is 64.2 Å². The third-order valence-corrected chi connectivity index (χ3v) is 13.6. The lowest BCUT2D eigenvalue weighted by atomic mass is 9.32. The Morgan fingerprint density at radius 3 is 2.11 bits per heavy atom. The standard InChI is InChI=1S/C33H60O3/c1-23-20-27(3,4)16-18-33(23,22-34)19-17-28(5,6)31(10)15-12-25-29(7,8)26(36)13-14-30(25,9)32(31,11)21-24(2)35/h22-26,35-36H,12-21H2,1-11H3/t23?,24-,25-,26-,30-,31-,32+,33+/m0/s1. The Morgan fingerprint density at radius 1 is 0.972 bits per heavy atom. The van der Waals surface area contributed by atoms with E-state index >= 15 is 0 Å². The van der Waals surface area contributed by atoms with Crippen molar-refractivity contribution < 1.29 is 15.0 Å². The SMILES string of the molecule is CC1CC(C)(C)CC[C@]1(C=O)CCC(C)(C)[C@]1(C)CC[C@H]2C(C)(C)[C@@H](O)CC[C@]2(C)[C@@]1(C)C[C@H](C)O. The summed E-state index contributed by atoms with van der Waals surface area (Å²) in [5.74, 6) is 0.850. The van der Waals surface area contributed by atoms with E-state index in [2.05, 4.69) is 69.2 Å². The fraction of sp³-hybridized carbons (Fsp3) is 0.970. The van der Waals surface area contributed by atoms with E-state index in [-0.39, 0.29) is 44.7 Å². The lowest BCUT2D eigenvalue weighted by Crippen LogP contribution is -2.66. The number of aliphatic hydroxyl groups excluding tert-OH is 2. The van der Waals surface area contributed by atoms with Crippen molar-refractivity contribution in [2.75, 3.05) is 0 Å². The van der Waals surface area contributed by atoms with Crippen LogP contribution in [0, 0.1) is 49.7 Å². The molecule has 0 aliphatic heterocycles. The van der Waals surface area contributed by atoms with Crippen molar-refractivity contribution in [2.45, 2.75) is 153 Å². The maximum atomic E-state index is 12.6. The van der Waals surface area contributed by atoms with Crippen molar-refractivity contribution in [1.82, 2.24) is 0 Å². The van der Waals surface area contributed by atoms with E-state index < -0.39 is 0 Å². The maximum Gasteiger partial charge on any atom is 0.126 e. The molecular formula is C33H60O3. The van der Waals surface area contributed by atoms with Crippen LogP contribution in [0.3, 0.4) is 0 Å². The number of aliphatic hydroxyl groups is 2. The minimum absolute atomic E-state index is 0.0157. The molecule has 3 aliphatic carbocycles. The number of hydrogen-bond donors (Lipinski definition) is 2. The van der Waals surface area contributed by atoms with Gasteiger partial charge in [-0.1, -0.05) is 69.2 Å². The first kappa shape index (κ1) is 30.1. The second-order valence-electron chi connectivity index (χ2n) is 16.6. The molecular weight excluding hydrogens is 444 g/mol. The second-order valence-corrected chi connectivity index (χ2v) is 16.6. The first-order valence-corrected chi connectivity index (χ1v) is 15.1. The van der Waals surface area contributed by atoms with Gasteiger partial charge in [-0.3, -0.25) is 0 Å². The fourth-order valence-electron chi connectivity index (χ4n) is 10.2. The summed E-state index contributed by atoms with van der Waals surface area (Å²) in [4.78, 5) is 12.6. The van der Waals surface area contributed by atoms with Crippen molar-refractivity contribution in [3.8, 4) is 0 Å². The predicted octanol–water partition coefficient (Wildman–Crippen LogP) is 8.21. The molecule has 0 aromatic heterocycles. The number of aldehydes is 1. The fourth-order valence-corrected chi connectivity index (χ4v) is 10.2. The van der Waals surface area contributed by atoms with Gasteiger partial charge >= 0.3 is 0 Å². The molecule has 0 heterocycles. The number of carbonyl (C=O) groups excluding carboxylic acids is 1. The molecule has 0 aromatic rings. The van der Waals surface area contributed by atoms with Crippen LogP contribution >= 0.6 is 0 Å². The highest BCUT2D eigenvalue weighted by Crippen LogP contribution is 2.75. The molecule has 36 heavy (non-hydrogen) atoms. The molecule has 3 aliphatic rings. The Bertz CT molecular complexity index is 812. The minimum Gasteiger partial charge on any atom is -0.393 e. The zero-order valence-electron chi connectivity index (χ0n) is 25.8. The summed E-state index contributed by atoms with van der Waals surface area (Å²) in [7, 11) is 0. The molecule has 2 N–H and O–H groups in total. The Labute approximate surface area is 223 Å². The van der Waals surface area contributed by atoms with E-state index in [1.165, 1.54) is 6.29 Å². The number of carbonyl (C=O) groups is 1. The largest absolute Gasteiger partial charge is 0.393 e. The van der Waals surface area contributed by atoms with Crippen molar-refractivity contribution in [1.29, 1.82) is 0 Å². The monoisotopic (exact) mass is 504 g/mol. The van der Waals surface area contributed by atoms with Crippen molar-refractivity contribution in [3.05, 3.63) is 0 Å². The summed E-state index contributed by atoms with van der Waals surface area (Å²) in [6, 6.07) is 0. The summed E-state index contributed by atoms with van der Waals surface area (Å²) in [5.41, 5.74) is 0.00413. The van der Waals surface area contributed by atoms with Gasteiger partial charge < -0.3 is 15.0 Å². The van der Waals surface area contributed by atoms with Gasteiger partial charge in [0, 0.05) is 5.41 Å². The number of hydrogen-bond acceptors (Lipinski definition) is 3. The summed E-state index contributed by atoms with van der Waals surface area (Å²) in [6.07, 6.45) is 10.8. The minimum atomic E-state index is -0.363. The summed E-state index contributed by atoms with van der Waals surface area (Å²) in [6.45, 7) is 25.9. The van der Waals surface area contributed by atoms with Crippen LogP contribution in [0.2, 0.25) is 0 Å². The van der Waals surface area contributed by atoms with Crippen LogP contribution in [-0.4, -0.2) is 28.7 Å². The lowest BCUT2D eigenvalue weighted by molar-refractivity contribution is -0.251. The van der Waals surface area contributed by atoms with Crippen LogP contribution in [0.5, 0.6) is 0 Å². The molecule has 0 bridgehead atoms. The van der Waals surface area contributed by atoms with Gasteiger partial charge in [-0.25, -0.2) is 0 Å². The molecule has 0 aromatic carbocycles. The summed E-state index contributed by atoms with van der Waals surface area (Å²) in [5, 5.41) is 21.9. The van der Waals surface area contributed by atoms with E-state index in [1.807, 2.05) is 6.92 Å². The Hall–Kier alpha value is -0.410. The Kier molecular flexibility index (Phi) is 7.83. The molecule has 0 radical (unpaired) electrons. The van der Waals surface area contributed by atoms with E-state index in [9.17, 15) is 15.0 Å². The van der Waals surface area contributed by atoms with E-state index in [1.54, 1.807) is 0 Å². The van der Waals surface area contributed by atoms with Crippen LogP contribution in [0.25, 0.3) is 0 Å². The molecule has 8 atom stereocenters. The molecule has 1 unspecified atom stereocenters. The molecule has 0 spiro atoms. The van der Waals surface area contributed by atoms with Crippen molar-refractivity contribution in [2.24, 2.45) is 49.7 Å². The van der Waals surface area contributed by atoms with Gasteiger partial charge in [0.2, 0.25) is 0 Å². The maximum absolute atomic E-state index is 12.6. The Balaban J connectivity index is 1.98. The van der Waals surface area contributed by atoms with Gasteiger partial charge in [-0.05, 0) is 115 Å². The molecule has 3 saturated carbocycles. The quantitative estimate of drug-likeness (QED) is 0.343. The first-order chi connectivity index (χ1) is 16.2. The van der Waals surface area contributed by atoms with E-state index in [0.29, 0.717) is 17.3 Å². The van der Waals surface area contributed by atoms with Gasteiger partial charge in [0.1, 0.15) is 6.29 Å². The zero-order valence-corrected chi connectivity index (χ0v) is 25.8. The molecule has 0 saturated heterocycles. The average molecular weight is 505 g/mol. The highest BCUT2D eigenvalue weighted by Gasteiger charge is 2.68. The van der Waals surface area contributed by atoms with Crippen LogP contribution in [0.4, 0.5) is 0 Å². The molecule has 3 heteroatoms. The van der Waals surface area contributed by atoms with E-state index in [4.69, 9.17) is 0 Å². The molecule has 3 nitrogen and oxygen atoms in total. The lowest BCUT2D eigenvalue weighted by Gasteiger charge is -2.72.